The summed E-state index contributed by atoms with van der Waals surface area (Å²) in [5, 5.41) is 0. The lowest BCUT2D eigenvalue weighted by atomic mass is 10.2. The van der Waals surface area contributed by atoms with Gasteiger partial charge in [-0.15, -0.1) is 12.4 Å². The molecular formula is C15H22ClN3O. The highest BCUT2D eigenvalue weighted by atomic mass is 35.5. The number of hydrogen-bond donors (Lipinski definition) is 1. The molecule has 0 bridgehead atoms. The molecule has 1 saturated heterocycles. The normalized spacial score (nSPS) is 19.2. The summed E-state index contributed by atoms with van der Waals surface area (Å²) < 4.78 is 0. The van der Waals surface area contributed by atoms with Gasteiger partial charge in [0.15, 0.2) is 0 Å². The molecule has 110 valence electrons. The zero-order valence-corrected chi connectivity index (χ0v) is 12.4. The Balaban J connectivity index is 0.00000147. The minimum atomic E-state index is 0. The van der Waals surface area contributed by atoms with Crippen LogP contribution in [0.2, 0.25) is 0 Å². The molecular weight excluding hydrogens is 274 g/mol. The molecule has 0 unspecified atom stereocenters. The number of nitrogen functional groups attached to an aromatic ring is 1. The number of benzene rings is 1. The van der Waals surface area contributed by atoms with Crippen LogP contribution in [0.25, 0.3) is 0 Å². The summed E-state index contributed by atoms with van der Waals surface area (Å²) >= 11 is 0. The Hall–Kier alpha value is -1.42. The van der Waals surface area contributed by atoms with Crippen LogP contribution in [0.5, 0.6) is 0 Å². The number of carbonyl (C=O) groups is 1. The number of amides is 1. The molecule has 1 aliphatic carbocycles. The average molecular weight is 296 g/mol. The number of carbonyl (C=O) groups excluding carboxylic acids is 1. The maximum absolute atomic E-state index is 12.1. The molecule has 1 saturated carbocycles. The predicted octanol–water partition coefficient (Wildman–Crippen LogP) is 2.14. The molecule has 2 aliphatic rings. The fraction of sp³-hybridized carbons (Fsp3) is 0.533. The van der Waals surface area contributed by atoms with Gasteiger partial charge in [-0.3, -0.25) is 4.79 Å². The van der Waals surface area contributed by atoms with Gasteiger partial charge in [-0.25, -0.2) is 0 Å². The summed E-state index contributed by atoms with van der Waals surface area (Å²) in [6, 6.07) is 8.00. The minimum Gasteiger partial charge on any atom is -0.399 e. The zero-order chi connectivity index (χ0) is 13.2. The number of rotatable bonds is 2. The third-order valence-electron chi connectivity index (χ3n) is 3.99. The SMILES string of the molecule is Cl.Nc1ccc(N2CCCN(C(=O)C3CC3)CC2)cc1. The molecule has 1 heterocycles. The van der Waals surface area contributed by atoms with Crippen molar-refractivity contribution < 1.29 is 4.79 Å². The first kappa shape index (κ1) is 15.0. The first-order chi connectivity index (χ1) is 9.24. The maximum atomic E-state index is 12.1. The summed E-state index contributed by atoms with van der Waals surface area (Å²) in [7, 11) is 0. The topological polar surface area (TPSA) is 49.6 Å². The summed E-state index contributed by atoms with van der Waals surface area (Å²) in [5.74, 6) is 0.710. The monoisotopic (exact) mass is 295 g/mol. The lowest BCUT2D eigenvalue weighted by molar-refractivity contribution is -0.132. The van der Waals surface area contributed by atoms with Crippen molar-refractivity contribution in [1.82, 2.24) is 4.90 Å². The van der Waals surface area contributed by atoms with Gasteiger partial charge >= 0.3 is 0 Å². The van der Waals surface area contributed by atoms with E-state index < -0.39 is 0 Å². The predicted molar refractivity (Wildman–Crippen MR) is 84.2 cm³/mol. The van der Waals surface area contributed by atoms with E-state index in [-0.39, 0.29) is 12.4 Å². The summed E-state index contributed by atoms with van der Waals surface area (Å²) in [4.78, 5) is 16.5. The molecule has 0 aromatic heterocycles. The molecule has 2 fully saturated rings. The van der Waals surface area contributed by atoms with E-state index >= 15 is 0 Å². The van der Waals surface area contributed by atoms with Crippen molar-refractivity contribution in [3.63, 3.8) is 0 Å². The number of hydrogen-bond acceptors (Lipinski definition) is 3. The largest absolute Gasteiger partial charge is 0.399 e. The van der Waals surface area contributed by atoms with Crippen molar-refractivity contribution in [2.24, 2.45) is 5.92 Å². The summed E-state index contributed by atoms with van der Waals surface area (Å²) in [6.45, 7) is 3.68. The van der Waals surface area contributed by atoms with Gasteiger partial charge in [-0.2, -0.15) is 0 Å². The van der Waals surface area contributed by atoms with Crippen LogP contribution in [-0.2, 0) is 4.79 Å². The molecule has 0 atom stereocenters. The third-order valence-corrected chi connectivity index (χ3v) is 3.99. The second kappa shape index (κ2) is 6.35. The van der Waals surface area contributed by atoms with E-state index in [0.29, 0.717) is 11.8 Å². The van der Waals surface area contributed by atoms with Crippen molar-refractivity contribution in [1.29, 1.82) is 0 Å². The quantitative estimate of drug-likeness (QED) is 0.851. The van der Waals surface area contributed by atoms with Crippen molar-refractivity contribution in [2.45, 2.75) is 19.3 Å². The Labute approximate surface area is 126 Å². The average Bonchev–Trinajstić information content (AvgIpc) is 3.26. The van der Waals surface area contributed by atoms with Gasteiger partial charge in [0.05, 0.1) is 0 Å². The van der Waals surface area contributed by atoms with E-state index in [1.165, 1.54) is 5.69 Å². The van der Waals surface area contributed by atoms with Gasteiger partial charge < -0.3 is 15.5 Å². The van der Waals surface area contributed by atoms with E-state index in [4.69, 9.17) is 5.73 Å². The van der Waals surface area contributed by atoms with Gasteiger partial charge in [-0.05, 0) is 43.5 Å². The zero-order valence-electron chi connectivity index (χ0n) is 11.6. The van der Waals surface area contributed by atoms with Crippen molar-refractivity contribution >= 4 is 29.7 Å². The second-order valence-electron chi connectivity index (χ2n) is 5.53. The number of nitrogens with zero attached hydrogens (tertiary/aromatic N) is 2. The highest BCUT2D eigenvalue weighted by Gasteiger charge is 2.33. The lowest BCUT2D eigenvalue weighted by Gasteiger charge is -2.23. The molecule has 5 heteroatoms. The first-order valence-corrected chi connectivity index (χ1v) is 7.13. The summed E-state index contributed by atoms with van der Waals surface area (Å²) in [5.41, 5.74) is 7.72. The van der Waals surface area contributed by atoms with Crippen molar-refractivity contribution in [3.05, 3.63) is 24.3 Å². The third kappa shape index (κ3) is 3.37. The molecule has 1 amide bonds. The molecule has 0 spiro atoms. The maximum Gasteiger partial charge on any atom is 0.225 e. The Kier molecular flexibility index (Phi) is 4.76. The van der Waals surface area contributed by atoms with Gasteiger partial charge in [0.2, 0.25) is 5.91 Å². The minimum absolute atomic E-state index is 0. The van der Waals surface area contributed by atoms with Crippen molar-refractivity contribution in [3.8, 4) is 0 Å². The van der Waals surface area contributed by atoms with Gasteiger partial charge in [0, 0.05) is 43.5 Å². The molecule has 1 aromatic rings. The van der Waals surface area contributed by atoms with Crippen LogP contribution >= 0.6 is 12.4 Å². The van der Waals surface area contributed by atoms with E-state index in [0.717, 1.165) is 51.1 Å². The lowest BCUT2D eigenvalue weighted by Crippen LogP contribution is -2.36. The smallest absolute Gasteiger partial charge is 0.225 e. The molecule has 20 heavy (non-hydrogen) atoms. The van der Waals surface area contributed by atoms with Crippen LogP contribution in [0.3, 0.4) is 0 Å². The Morgan fingerprint density at radius 2 is 1.75 bits per heavy atom. The van der Waals surface area contributed by atoms with Gasteiger partial charge in [0.1, 0.15) is 0 Å². The summed E-state index contributed by atoms with van der Waals surface area (Å²) in [6.07, 6.45) is 3.23. The van der Waals surface area contributed by atoms with Crippen LogP contribution < -0.4 is 10.6 Å². The standard InChI is InChI=1S/C15H21N3O.ClH/c16-13-4-6-14(7-5-13)17-8-1-9-18(11-10-17)15(19)12-2-3-12;/h4-7,12H,1-3,8-11,16H2;1H. The number of halogens is 1. The molecule has 1 aromatic carbocycles. The fourth-order valence-corrected chi connectivity index (χ4v) is 2.67. The second-order valence-corrected chi connectivity index (χ2v) is 5.53. The molecule has 2 N–H and O–H groups in total. The molecule has 1 aliphatic heterocycles. The Bertz CT molecular complexity index is 459. The van der Waals surface area contributed by atoms with E-state index in [1.807, 2.05) is 12.1 Å². The van der Waals surface area contributed by atoms with Crippen LogP contribution in [0.4, 0.5) is 11.4 Å². The van der Waals surface area contributed by atoms with E-state index in [2.05, 4.69) is 21.9 Å². The van der Waals surface area contributed by atoms with Crippen molar-refractivity contribution in [2.75, 3.05) is 36.8 Å². The van der Waals surface area contributed by atoms with E-state index in [1.54, 1.807) is 0 Å². The van der Waals surface area contributed by atoms with Gasteiger partial charge in [0.25, 0.3) is 0 Å². The Morgan fingerprint density at radius 1 is 1.05 bits per heavy atom. The highest BCUT2D eigenvalue weighted by Crippen LogP contribution is 2.31. The fourth-order valence-electron chi connectivity index (χ4n) is 2.67. The highest BCUT2D eigenvalue weighted by molar-refractivity contribution is 5.85. The van der Waals surface area contributed by atoms with E-state index in [9.17, 15) is 4.79 Å². The number of anilines is 2. The van der Waals surface area contributed by atoms with Crippen LogP contribution in [0.1, 0.15) is 19.3 Å². The van der Waals surface area contributed by atoms with Crippen LogP contribution in [-0.4, -0.2) is 37.0 Å². The molecule has 3 rings (SSSR count). The Morgan fingerprint density at radius 3 is 2.40 bits per heavy atom. The molecule has 4 nitrogen and oxygen atoms in total. The van der Waals surface area contributed by atoms with Crippen LogP contribution in [0.15, 0.2) is 24.3 Å². The molecule has 0 radical (unpaired) electrons. The van der Waals surface area contributed by atoms with Crippen LogP contribution in [0, 0.1) is 5.92 Å². The first-order valence-electron chi connectivity index (χ1n) is 7.13. The number of nitrogens with two attached hydrogens (primary N) is 1. The van der Waals surface area contributed by atoms with Gasteiger partial charge in [-0.1, -0.05) is 0 Å².